The maximum atomic E-state index is 14.2. The van der Waals surface area contributed by atoms with E-state index in [9.17, 15) is 18.3 Å². The second-order valence-electron chi connectivity index (χ2n) is 8.10. The smallest absolute Gasteiger partial charge is 0.417 e. The van der Waals surface area contributed by atoms with Crippen molar-refractivity contribution in [2.45, 2.75) is 43.9 Å². The van der Waals surface area contributed by atoms with Crippen LogP contribution in [0.4, 0.5) is 13.2 Å². The molecule has 3 nitrogen and oxygen atoms in total. The highest BCUT2D eigenvalue weighted by molar-refractivity contribution is 9.10. The van der Waals surface area contributed by atoms with Crippen molar-refractivity contribution < 1.29 is 23.0 Å². The van der Waals surface area contributed by atoms with Gasteiger partial charge in [0.2, 0.25) is 0 Å². The Balaban J connectivity index is 2.05. The highest BCUT2D eigenvalue weighted by Crippen LogP contribution is 2.45. The molecule has 0 radical (unpaired) electrons. The van der Waals surface area contributed by atoms with E-state index in [2.05, 4.69) is 20.9 Å². The van der Waals surface area contributed by atoms with Crippen molar-refractivity contribution in [3.05, 3.63) is 70.3 Å². The van der Waals surface area contributed by atoms with E-state index in [4.69, 9.17) is 4.74 Å². The number of halogens is 4. The van der Waals surface area contributed by atoms with Crippen LogP contribution >= 0.6 is 15.9 Å². The molecule has 1 unspecified atom stereocenters. The summed E-state index contributed by atoms with van der Waals surface area (Å²) >= 11 is 3.37. The molecule has 7 heteroatoms. The average Bonchev–Trinajstić information content (AvgIpc) is 2.67. The molecule has 1 atom stereocenters. The zero-order chi connectivity index (χ0) is 22.2. The van der Waals surface area contributed by atoms with Crippen LogP contribution in [0.2, 0.25) is 0 Å². The molecule has 0 amide bonds. The van der Waals surface area contributed by atoms with Gasteiger partial charge in [-0.25, -0.2) is 0 Å². The first-order chi connectivity index (χ1) is 14.0. The zero-order valence-corrected chi connectivity index (χ0v) is 18.5. The number of nitrogens with zero attached hydrogens (tertiary/aromatic N) is 1. The molecule has 0 aliphatic heterocycles. The number of para-hydroxylation sites is 1. The van der Waals surface area contributed by atoms with Gasteiger partial charge in [0.15, 0.2) is 5.60 Å². The normalized spacial score (nSPS) is 14.5. The van der Waals surface area contributed by atoms with Gasteiger partial charge < -0.3 is 9.84 Å². The maximum absolute atomic E-state index is 14.2. The van der Waals surface area contributed by atoms with Crippen LogP contribution < -0.4 is 4.74 Å². The Kier molecular flexibility index (Phi) is 6.16. The van der Waals surface area contributed by atoms with E-state index in [1.807, 2.05) is 0 Å². The second kappa shape index (κ2) is 8.19. The average molecular weight is 482 g/mol. The molecule has 1 heterocycles. The number of rotatable bonds is 6. The lowest BCUT2D eigenvalue weighted by Crippen LogP contribution is -2.50. The molecule has 0 fully saturated rings. The third-order valence-electron chi connectivity index (χ3n) is 5.37. The number of ether oxygens (including phenoxy) is 1. The molecule has 1 aromatic heterocycles. The molecule has 1 N–H and O–H groups in total. The van der Waals surface area contributed by atoms with E-state index >= 15 is 0 Å². The summed E-state index contributed by atoms with van der Waals surface area (Å²) < 4.78 is 48.7. The third kappa shape index (κ3) is 4.47. The topological polar surface area (TPSA) is 42.4 Å². The van der Waals surface area contributed by atoms with Gasteiger partial charge in [-0.15, -0.1) is 0 Å². The van der Waals surface area contributed by atoms with Gasteiger partial charge in [0.25, 0.3) is 0 Å². The van der Waals surface area contributed by atoms with Crippen LogP contribution in [0.5, 0.6) is 5.75 Å². The van der Waals surface area contributed by atoms with Gasteiger partial charge in [-0.05, 0) is 47.7 Å². The van der Waals surface area contributed by atoms with E-state index < -0.39 is 30.0 Å². The number of fused-ring (bicyclic) bond motifs is 1. The number of benzene rings is 2. The van der Waals surface area contributed by atoms with E-state index in [1.54, 1.807) is 56.3 Å². The highest BCUT2D eigenvalue weighted by atomic mass is 79.9. The summed E-state index contributed by atoms with van der Waals surface area (Å²) in [5.74, 6) is 0.474. The minimum atomic E-state index is -4.83. The Morgan fingerprint density at radius 1 is 1.07 bits per heavy atom. The van der Waals surface area contributed by atoms with Gasteiger partial charge in [-0.1, -0.05) is 48.0 Å². The molecule has 3 aromatic rings. The molecule has 0 saturated heterocycles. The molecule has 160 valence electrons. The molecular formula is C23H23BrF3NO2. The summed E-state index contributed by atoms with van der Waals surface area (Å²) in [4.78, 5) is 4.20. The van der Waals surface area contributed by atoms with Crippen molar-refractivity contribution in [1.29, 1.82) is 0 Å². The lowest BCUT2D eigenvalue weighted by atomic mass is 9.72. The molecule has 0 bridgehead atoms. The Morgan fingerprint density at radius 3 is 2.43 bits per heavy atom. The SMILES string of the molecule is COc1ccc(Br)cc1C(C)(C)CC(O)(Cc1ccnc2ccccc12)C(F)(F)F. The van der Waals surface area contributed by atoms with Crippen molar-refractivity contribution in [3.63, 3.8) is 0 Å². The van der Waals surface area contributed by atoms with Crippen molar-refractivity contribution >= 4 is 26.8 Å². The van der Waals surface area contributed by atoms with Gasteiger partial charge in [0.1, 0.15) is 5.75 Å². The van der Waals surface area contributed by atoms with Crippen LogP contribution in [0.15, 0.2) is 59.2 Å². The minimum absolute atomic E-state index is 0.400. The molecule has 30 heavy (non-hydrogen) atoms. The van der Waals surface area contributed by atoms with Crippen molar-refractivity contribution in [2.75, 3.05) is 7.11 Å². The van der Waals surface area contributed by atoms with Gasteiger partial charge in [0, 0.05) is 28.0 Å². The van der Waals surface area contributed by atoms with Crippen molar-refractivity contribution in [3.8, 4) is 5.75 Å². The molecule has 0 aliphatic carbocycles. The first-order valence-corrected chi connectivity index (χ1v) is 10.2. The van der Waals surface area contributed by atoms with Crippen LogP contribution in [0.1, 0.15) is 31.4 Å². The van der Waals surface area contributed by atoms with Gasteiger partial charge in [-0.3, -0.25) is 4.98 Å². The second-order valence-corrected chi connectivity index (χ2v) is 9.01. The molecular weight excluding hydrogens is 459 g/mol. The van der Waals surface area contributed by atoms with Crippen LogP contribution in [0.3, 0.4) is 0 Å². The summed E-state index contributed by atoms with van der Waals surface area (Å²) in [5.41, 5.74) is -2.39. The molecule has 2 aromatic carbocycles. The van der Waals surface area contributed by atoms with Crippen molar-refractivity contribution in [1.82, 2.24) is 4.98 Å². The summed E-state index contributed by atoms with van der Waals surface area (Å²) in [6.45, 7) is 3.36. The van der Waals surface area contributed by atoms with Gasteiger partial charge in [0.05, 0.1) is 12.6 Å². The van der Waals surface area contributed by atoms with E-state index in [0.29, 0.717) is 27.8 Å². The summed E-state index contributed by atoms with van der Waals surface area (Å²) in [5, 5.41) is 11.6. The maximum Gasteiger partial charge on any atom is 0.417 e. The predicted molar refractivity (Wildman–Crippen MR) is 115 cm³/mol. The Bertz CT molecular complexity index is 1050. The number of hydrogen-bond acceptors (Lipinski definition) is 3. The quantitative estimate of drug-likeness (QED) is 0.455. The lowest BCUT2D eigenvalue weighted by molar-refractivity contribution is -0.266. The van der Waals surface area contributed by atoms with E-state index in [-0.39, 0.29) is 0 Å². The summed E-state index contributed by atoms with van der Waals surface area (Å²) in [6.07, 6.45) is -4.46. The number of pyridine rings is 1. The van der Waals surface area contributed by atoms with Crippen LogP contribution in [0, 0.1) is 0 Å². The van der Waals surface area contributed by atoms with Gasteiger partial charge >= 0.3 is 6.18 Å². The fraction of sp³-hybridized carbons (Fsp3) is 0.348. The van der Waals surface area contributed by atoms with Gasteiger partial charge in [-0.2, -0.15) is 13.2 Å². The highest BCUT2D eigenvalue weighted by Gasteiger charge is 2.56. The lowest BCUT2D eigenvalue weighted by Gasteiger charge is -2.38. The number of methoxy groups -OCH3 is 1. The first-order valence-electron chi connectivity index (χ1n) is 9.43. The minimum Gasteiger partial charge on any atom is -0.496 e. The van der Waals surface area contributed by atoms with Crippen LogP contribution in [0.25, 0.3) is 10.9 Å². The fourth-order valence-corrected chi connectivity index (χ4v) is 4.28. The molecule has 0 aliphatic rings. The number of aromatic nitrogens is 1. The largest absolute Gasteiger partial charge is 0.496 e. The predicted octanol–water partition coefficient (Wildman–Crippen LogP) is 6.21. The molecule has 3 rings (SSSR count). The van der Waals surface area contributed by atoms with Crippen LogP contribution in [-0.4, -0.2) is 29.0 Å². The zero-order valence-electron chi connectivity index (χ0n) is 16.9. The van der Waals surface area contributed by atoms with E-state index in [0.717, 1.165) is 4.47 Å². The third-order valence-corrected chi connectivity index (χ3v) is 5.87. The summed E-state index contributed by atoms with van der Waals surface area (Å²) in [6, 6.07) is 13.7. The Morgan fingerprint density at radius 2 is 1.77 bits per heavy atom. The van der Waals surface area contributed by atoms with Crippen molar-refractivity contribution in [2.24, 2.45) is 0 Å². The molecule has 0 saturated carbocycles. The number of hydrogen-bond donors (Lipinski definition) is 1. The standard InChI is InChI=1S/C23H23BrF3NO2/c1-21(2,18-12-16(24)8-9-20(18)30-3)14-22(29,23(25,26)27)13-15-10-11-28-19-7-5-4-6-17(15)19/h4-12,29H,13-14H2,1-3H3. The number of alkyl halides is 3. The Labute approximate surface area is 182 Å². The van der Waals surface area contributed by atoms with E-state index in [1.165, 1.54) is 19.4 Å². The molecule has 0 spiro atoms. The summed E-state index contributed by atoms with van der Waals surface area (Å²) in [7, 11) is 1.47. The monoisotopic (exact) mass is 481 g/mol. The fourth-order valence-electron chi connectivity index (χ4n) is 3.92. The first kappa shape index (κ1) is 22.6. The number of aliphatic hydroxyl groups is 1. The van der Waals surface area contributed by atoms with Crippen LogP contribution in [-0.2, 0) is 11.8 Å². The Hall–Kier alpha value is -2.12.